The van der Waals surface area contributed by atoms with Crippen molar-refractivity contribution in [2.75, 3.05) is 6.61 Å². The Morgan fingerprint density at radius 2 is 2.45 bits per heavy atom. The van der Waals surface area contributed by atoms with E-state index in [1.807, 2.05) is 0 Å². The standard InChI is InChI=1S/C9H12O2/c1-3-5-6-7-8-9(10)11-4-2/h1,5-6H,4,7-8H2,2H3/b6-5+. The first-order valence-corrected chi connectivity index (χ1v) is 3.58. The van der Waals surface area contributed by atoms with Gasteiger partial charge in [-0.1, -0.05) is 12.0 Å². The Bertz CT molecular complexity index is 174. The van der Waals surface area contributed by atoms with Crippen molar-refractivity contribution in [2.45, 2.75) is 19.8 Å². The first-order valence-electron chi connectivity index (χ1n) is 3.58. The van der Waals surface area contributed by atoms with Gasteiger partial charge < -0.3 is 4.74 Å². The summed E-state index contributed by atoms with van der Waals surface area (Å²) in [4.78, 5) is 10.7. The highest BCUT2D eigenvalue weighted by Crippen LogP contribution is 1.93. The highest BCUT2D eigenvalue weighted by molar-refractivity contribution is 5.69. The van der Waals surface area contributed by atoms with E-state index >= 15 is 0 Å². The van der Waals surface area contributed by atoms with Gasteiger partial charge in [0.25, 0.3) is 0 Å². The molecule has 0 rings (SSSR count). The molecule has 0 fully saturated rings. The van der Waals surface area contributed by atoms with E-state index in [4.69, 9.17) is 11.2 Å². The van der Waals surface area contributed by atoms with Crippen LogP contribution in [0.5, 0.6) is 0 Å². The minimum Gasteiger partial charge on any atom is -0.466 e. The van der Waals surface area contributed by atoms with Crippen LogP contribution in [0.25, 0.3) is 0 Å². The summed E-state index contributed by atoms with van der Waals surface area (Å²) in [6, 6.07) is 0. The van der Waals surface area contributed by atoms with E-state index in [2.05, 4.69) is 5.92 Å². The minimum absolute atomic E-state index is 0.172. The number of terminal acetylenes is 1. The number of hydrogen-bond donors (Lipinski definition) is 0. The summed E-state index contributed by atoms with van der Waals surface area (Å²) >= 11 is 0. The maximum atomic E-state index is 10.7. The topological polar surface area (TPSA) is 26.3 Å². The number of rotatable bonds is 4. The van der Waals surface area contributed by atoms with Gasteiger partial charge in [0.2, 0.25) is 0 Å². The first-order chi connectivity index (χ1) is 5.31. The van der Waals surface area contributed by atoms with Crippen molar-refractivity contribution >= 4 is 5.97 Å². The lowest BCUT2D eigenvalue weighted by Gasteiger charge is -1.97. The molecule has 2 nitrogen and oxygen atoms in total. The van der Waals surface area contributed by atoms with Crippen LogP contribution < -0.4 is 0 Å². The molecule has 0 aliphatic heterocycles. The fourth-order valence-electron chi connectivity index (χ4n) is 0.586. The van der Waals surface area contributed by atoms with Crippen molar-refractivity contribution in [1.29, 1.82) is 0 Å². The van der Waals surface area contributed by atoms with E-state index in [9.17, 15) is 4.79 Å². The SMILES string of the molecule is C#C/C=C/CCC(=O)OCC. The van der Waals surface area contributed by atoms with Crippen LogP contribution in [0.3, 0.4) is 0 Å². The van der Waals surface area contributed by atoms with Crippen molar-refractivity contribution < 1.29 is 9.53 Å². The molecule has 0 N–H and O–H groups in total. The Hall–Kier alpha value is -1.23. The highest BCUT2D eigenvalue weighted by atomic mass is 16.5. The molecule has 0 radical (unpaired) electrons. The Kier molecular flexibility index (Phi) is 6.11. The molecular weight excluding hydrogens is 140 g/mol. The molecule has 0 heterocycles. The molecule has 60 valence electrons. The van der Waals surface area contributed by atoms with Crippen LogP contribution in [0.15, 0.2) is 12.2 Å². The molecule has 0 aliphatic rings. The zero-order valence-electron chi connectivity index (χ0n) is 6.67. The average molecular weight is 152 g/mol. The monoisotopic (exact) mass is 152 g/mol. The Balaban J connectivity index is 3.33. The van der Waals surface area contributed by atoms with Crippen molar-refractivity contribution in [1.82, 2.24) is 0 Å². The molecule has 0 aromatic heterocycles. The van der Waals surface area contributed by atoms with Gasteiger partial charge in [0.15, 0.2) is 0 Å². The fraction of sp³-hybridized carbons (Fsp3) is 0.444. The number of carbonyl (C=O) groups excluding carboxylic acids is 1. The van der Waals surface area contributed by atoms with Crippen LogP contribution in [-0.2, 0) is 9.53 Å². The molecule has 11 heavy (non-hydrogen) atoms. The molecule has 0 unspecified atom stereocenters. The van der Waals surface area contributed by atoms with Crippen LogP contribution in [0.2, 0.25) is 0 Å². The van der Waals surface area contributed by atoms with E-state index in [0.717, 1.165) is 0 Å². The molecule has 0 atom stereocenters. The van der Waals surface area contributed by atoms with E-state index in [1.54, 1.807) is 19.1 Å². The van der Waals surface area contributed by atoms with Crippen LogP contribution in [-0.4, -0.2) is 12.6 Å². The molecule has 2 heteroatoms. The molecule has 0 saturated heterocycles. The summed E-state index contributed by atoms with van der Waals surface area (Å²) in [7, 11) is 0. The number of allylic oxidation sites excluding steroid dienone is 2. The van der Waals surface area contributed by atoms with Crippen LogP contribution in [0, 0.1) is 12.3 Å². The van der Waals surface area contributed by atoms with E-state index in [1.165, 1.54) is 0 Å². The van der Waals surface area contributed by atoms with Crippen molar-refractivity contribution in [2.24, 2.45) is 0 Å². The van der Waals surface area contributed by atoms with E-state index < -0.39 is 0 Å². The molecule has 0 aromatic rings. The second-order valence-corrected chi connectivity index (χ2v) is 1.91. The lowest BCUT2D eigenvalue weighted by molar-refractivity contribution is -0.142. The van der Waals surface area contributed by atoms with Gasteiger partial charge >= 0.3 is 5.97 Å². The first kappa shape index (κ1) is 9.77. The van der Waals surface area contributed by atoms with Gasteiger partial charge in [0.1, 0.15) is 0 Å². The van der Waals surface area contributed by atoms with Gasteiger partial charge in [0.05, 0.1) is 6.61 Å². The Morgan fingerprint density at radius 3 is 3.00 bits per heavy atom. The van der Waals surface area contributed by atoms with E-state index in [-0.39, 0.29) is 5.97 Å². The zero-order valence-corrected chi connectivity index (χ0v) is 6.67. The third-order valence-electron chi connectivity index (χ3n) is 1.03. The van der Waals surface area contributed by atoms with Gasteiger partial charge in [-0.3, -0.25) is 4.79 Å². The summed E-state index contributed by atoms with van der Waals surface area (Å²) in [5.74, 6) is 2.17. The summed E-state index contributed by atoms with van der Waals surface area (Å²) < 4.78 is 4.70. The summed E-state index contributed by atoms with van der Waals surface area (Å²) in [6.45, 7) is 2.23. The second-order valence-electron chi connectivity index (χ2n) is 1.91. The van der Waals surface area contributed by atoms with Crippen molar-refractivity contribution in [3.05, 3.63) is 12.2 Å². The predicted molar refractivity (Wildman–Crippen MR) is 43.8 cm³/mol. The summed E-state index contributed by atoms with van der Waals surface area (Å²) in [5, 5.41) is 0. The molecule has 0 amide bonds. The normalized spacial score (nSPS) is 9.45. The molecule has 0 bridgehead atoms. The lowest BCUT2D eigenvalue weighted by atomic mass is 10.3. The predicted octanol–water partition coefficient (Wildman–Crippen LogP) is 1.52. The molecule has 0 saturated carbocycles. The van der Waals surface area contributed by atoms with Gasteiger partial charge in [-0.05, 0) is 19.4 Å². The van der Waals surface area contributed by atoms with Gasteiger partial charge in [-0.25, -0.2) is 0 Å². The zero-order chi connectivity index (χ0) is 8.53. The maximum Gasteiger partial charge on any atom is 0.306 e. The number of ether oxygens (including phenoxy) is 1. The summed E-state index contributed by atoms with van der Waals surface area (Å²) in [5.41, 5.74) is 0. The quantitative estimate of drug-likeness (QED) is 0.451. The third kappa shape index (κ3) is 6.66. The van der Waals surface area contributed by atoms with Gasteiger partial charge in [-0.15, -0.1) is 6.42 Å². The lowest BCUT2D eigenvalue weighted by Crippen LogP contribution is -2.02. The molecule has 0 aromatic carbocycles. The smallest absolute Gasteiger partial charge is 0.306 e. The fourth-order valence-corrected chi connectivity index (χ4v) is 0.586. The Labute approximate surface area is 67.2 Å². The second kappa shape index (κ2) is 6.88. The molecule has 0 aliphatic carbocycles. The number of carbonyl (C=O) groups is 1. The Morgan fingerprint density at radius 1 is 1.73 bits per heavy atom. The highest BCUT2D eigenvalue weighted by Gasteiger charge is 1.96. The molecular formula is C9H12O2. The minimum atomic E-state index is -0.172. The van der Waals surface area contributed by atoms with E-state index in [0.29, 0.717) is 19.4 Å². The number of esters is 1. The average Bonchev–Trinajstić information content (AvgIpc) is 1.99. The summed E-state index contributed by atoms with van der Waals surface area (Å²) in [6.07, 6.45) is 9.37. The largest absolute Gasteiger partial charge is 0.466 e. The maximum absolute atomic E-state index is 10.7. The van der Waals surface area contributed by atoms with Crippen LogP contribution >= 0.6 is 0 Å². The van der Waals surface area contributed by atoms with Crippen LogP contribution in [0.4, 0.5) is 0 Å². The van der Waals surface area contributed by atoms with Gasteiger partial charge in [-0.2, -0.15) is 0 Å². The van der Waals surface area contributed by atoms with Crippen molar-refractivity contribution in [3.63, 3.8) is 0 Å². The van der Waals surface area contributed by atoms with Gasteiger partial charge in [0, 0.05) is 6.42 Å². The molecule has 0 spiro atoms. The van der Waals surface area contributed by atoms with Crippen molar-refractivity contribution in [3.8, 4) is 12.3 Å². The number of hydrogen-bond acceptors (Lipinski definition) is 2. The third-order valence-corrected chi connectivity index (χ3v) is 1.03. The van der Waals surface area contributed by atoms with Crippen LogP contribution in [0.1, 0.15) is 19.8 Å².